The first-order chi connectivity index (χ1) is 29.6. The normalized spacial score (nSPS) is 11.5. The van der Waals surface area contributed by atoms with E-state index in [2.05, 4.69) is 50.8 Å². The highest BCUT2D eigenvalue weighted by atomic mass is 32.2. The van der Waals surface area contributed by atoms with Crippen LogP contribution in [-0.2, 0) is 67.0 Å². The number of aliphatic hydroxyl groups is 1. The van der Waals surface area contributed by atoms with Crippen molar-refractivity contribution in [2.45, 2.75) is 63.0 Å². The molecule has 1 aromatic rings. The lowest BCUT2D eigenvalue weighted by atomic mass is 10.0. The van der Waals surface area contributed by atoms with Gasteiger partial charge in [-0.1, -0.05) is 71.2 Å². The van der Waals surface area contributed by atoms with Crippen LogP contribution in [0.4, 0.5) is 0 Å². The molecule has 1 rings (SSSR count). The Bertz CT molecular complexity index is 1690. The van der Waals surface area contributed by atoms with Crippen molar-refractivity contribution in [1.29, 1.82) is 0 Å². The maximum atomic E-state index is 12.1. The van der Waals surface area contributed by atoms with E-state index in [1.165, 1.54) is 37.8 Å². The van der Waals surface area contributed by atoms with Gasteiger partial charge < -0.3 is 54.0 Å². The molecule has 0 amide bonds. The van der Waals surface area contributed by atoms with E-state index < -0.39 is 56.8 Å². The van der Waals surface area contributed by atoms with Crippen LogP contribution in [0, 0.1) is 17.8 Å². The van der Waals surface area contributed by atoms with Crippen LogP contribution >= 0.6 is 0 Å². The van der Waals surface area contributed by atoms with Crippen molar-refractivity contribution in [3.63, 3.8) is 0 Å². The lowest BCUT2D eigenvalue weighted by Gasteiger charge is -2.14. The van der Waals surface area contributed by atoms with E-state index >= 15 is 0 Å². The summed E-state index contributed by atoms with van der Waals surface area (Å²) < 4.78 is 52.6. The van der Waals surface area contributed by atoms with Crippen molar-refractivity contribution < 1.29 is 91.1 Å². The van der Waals surface area contributed by atoms with Gasteiger partial charge in [0.2, 0.25) is 0 Å². The van der Waals surface area contributed by atoms with Gasteiger partial charge in [-0.15, -0.1) is 0 Å². The van der Waals surface area contributed by atoms with Crippen LogP contribution in [0.25, 0.3) is 0 Å². The number of benzene rings is 1. The molecule has 0 fully saturated rings. The van der Waals surface area contributed by atoms with Crippen molar-refractivity contribution in [1.82, 2.24) is 0 Å². The SMILES string of the molecule is C=COC(=O)CC(=C)O.C=COCCC(C(=C)OCC)C(=O)O.C=COCCC(C(=O)O)S(=O)(=O)c1ccccc1.C=COCCC(C(C)=O)C(=O)O.C=COCCC(C)C(=O)O. The van der Waals surface area contributed by atoms with Gasteiger partial charge in [0, 0.05) is 19.3 Å². The van der Waals surface area contributed by atoms with Gasteiger partial charge in [0.25, 0.3) is 0 Å². The van der Waals surface area contributed by atoms with Gasteiger partial charge >= 0.3 is 29.8 Å². The molecule has 19 nitrogen and oxygen atoms in total. The van der Waals surface area contributed by atoms with Gasteiger partial charge in [-0.25, -0.2) is 8.42 Å². The van der Waals surface area contributed by atoms with Crippen molar-refractivity contribution in [2.24, 2.45) is 17.8 Å². The van der Waals surface area contributed by atoms with Gasteiger partial charge in [0.05, 0.1) is 80.9 Å². The second-order valence-electron chi connectivity index (χ2n) is 11.9. The Hall–Kier alpha value is -6.83. The van der Waals surface area contributed by atoms with Crippen LogP contribution in [0.5, 0.6) is 0 Å². The van der Waals surface area contributed by atoms with E-state index in [1.807, 2.05) is 0 Å². The number of hydrogen-bond acceptors (Lipinski definition) is 15. The Labute approximate surface area is 368 Å². The van der Waals surface area contributed by atoms with E-state index in [4.69, 9.17) is 49.2 Å². The van der Waals surface area contributed by atoms with Gasteiger partial charge in [-0.3, -0.25) is 28.8 Å². The molecule has 0 aliphatic rings. The second-order valence-corrected chi connectivity index (χ2v) is 14.1. The van der Waals surface area contributed by atoms with E-state index in [1.54, 1.807) is 32.0 Å². The predicted molar refractivity (Wildman–Crippen MR) is 231 cm³/mol. The number of sulfone groups is 1. The van der Waals surface area contributed by atoms with Crippen molar-refractivity contribution in [2.75, 3.05) is 33.0 Å². The zero-order chi connectivity index (χ0) is 49.4. The van der Waals surface area contributed by atoms with E-state index in [0.717, 1.165) is 12.5 Å². The first-order valence-corrected chi connectivity index (χ1v) is 20.2. The molecule has 0 aliphatic carbocycles. The summed E-state index contributed by atoms with van der Waals surface area (Å²) in [7, 11) is -3.89. The minimum Gasteiger partial charge on any atom is -0.512 e. The maximum Gasteiger partial charge on any atom is 0.322 e. The summed E-state index contributed by atoms with van der Waals surface area (Å²) in [5.74, 6) is -7.06. The number of carboxylic acids is 4. The third-order valence-corrected chi connectivity index (χ3v) is 9.31. The van der Waals surface area contributed by atoms with Crippen molar-refractivity contribution in [3.8, 4) is 0 Å². The monoisotopic (exact) mass is 914 g/mol. The number of aliphatic carboxylic acids is 4. The van der Waals surface area contributed by atoms with Crippen LogP contribution in [0.1, 0.15) is 52.9 Å². The number of carbonyl (C=O) groups excluding carboxylic acids is 2. The Morgan fingerprint density at radius 2 is 1.06 bits per heavy atom. The fraction of sp³-hybridized carbons (Fsp3) is 0.395. The molecule has 63 heavy (non-hydrogen) atoms. The first kappa shape index (κ1) is 62.8. The zero-order valence-electron chi connectivity index (χ0n) is 36.0. The van der Waals surface area contributed by atoms with Crippen molar-refractivity contribution >= 4 is 45.5 Å². The predicted octanol–water partition coefficient (Wildman–Crippen LogP) is 6.47. The standard InChI is InChI=1S/C12H14O5S.C10H16O4.C8H12O4.C7H12O3.C6H8O3/c1-2-17-9-8-11(12(13)14)18(15,16)10-6-4-3-5-7-10;1-4-13-7-6-9(10(11)12)8(3)14-5-2;1-3-12-5-4-7(6(2)9)8(10)11;1-3-10-5-4-6(2)7(8)9;1-3-9-6(8)4-5(2)7/h2-7,11H,1,8-9H2,(H,13,14);4,9H,1,3,5-7H2,2H3,(H,11,12);3,7H,1,4-5H2,2H3,(H,10,11);3,6H,1,4-5H2,2H3,(H,8,9);3,7H,1-2,4H2. The third-order valence-electron chi connectivity index (χ3n) is 7.20. The largest absolute Gasteiger partial charge is 0.512 e. The summed E-state index contributed by atoms with van der Waals surface area (Å²) in [4.78, 5) is 63.5. The van der Waals surface area contributed by atoms with Crippen LogP contribution in [0.3, 0.4) is 0 Å². The molecule has 354 valence electrons. The van der Waals surface area contributed by atoms with Gasteiger partial charge in [0.15, 0.2) is 15.1 Å². The minimum absolute atomic E-state index is 0.00370. The lowest BCUT2D eigenvalue weighted by molar-refractivity contribution is -0.147. The summed E-state index contributed by atoms with van der Waals surface area (Å²) in [6, 6.07) is 7.51. The van der Waals surface area contributed by atoms with Crippen molar-refractivity contribution in [3.05, 3.63) is 119 Å². The highest BCUT2D eigenvalue weighted by Gasteiger charge is 2.33. The molecule has 0 bridgehead atoms. The van der Waals surface area contributed by atoms with Crippen LogP contribution in [-0.4, -0.2) is 108 Å². The molecule has 1 aromatic carbocycles. The van der Waals surface area contributed by atoms with Gasteiger partial charge in [-0.2, -0.15) is 0 Å². The minimum atomic E-state index is -3.89. The van der Waals surface area contributed by atoms with E-state index in [9.17, 15) is 37.2 Å². The number of hydrogen-bond donors (Lipinski definition) is 5. The zero-order valence-corrected chi connectivity index (χ0v) is 36.8. The molecule has 0 radical (unpaired) electrons. The fourth-order valence-electron chi connectivity index (χ4n) is 3.94. The molecule has 20 heteroatoms. The molecule has 0 aliphatic heterocycles. The number of ether oxygens (including phenoxy) is 6. The van der Waals surface area contributed by atoms with Gasteiger partial charge in [-0.05, 0) is 32.4 Å². The fourth-order valence-corrected chi connectivity index (χ4v) is 5.48. The highest BCUT2D eigenvalue weighted by molar-refractivity contribution is 7.92. The number of carbonyl (C=O) groups is 6. The van der Waals surface area contributed by atoms with Crippen LogP contribution in [0.2, 0.25) is 0 Å². The molecular formula is C43H62O19S. The number of rotatable bonds is 29. The Balaban J connectivity index is -0.000000354. The Morgan fingerprint density at radius 1 is 0.635 bits per heavy atom. The summed E-state index contributed by atoms with van der Waals surface area (Å²) in [5.41, 5.74) is 0. The quantitative estimate of drug-likeness (QED) is 0.0249. The molecule has 0 saturated heterocycles. The average Bonchev–Trinajstić information content (AvgIpc) is 3.20. The molecule has 4 unspecified atom stereocenters. The maximum absolute atomic E-state index is 12.1. The Kier molecular flexibility index (Phi) is 39.2. The molecule has 5 N–H and O–H groups in total. The summed E-state index contributed by atoms with van der Waals surface area (Å²) in [5, 5.41) is 41.7. The van der Waals surface area contributed by atoms with Crippen LogP contribution < -0.4 is 0 Å². The molecule has 4 atom stereocenters. The second kappa shape index (κ2) is 39.3. The summed E-state index contributed by atoms with van der Waals surface area (Å²) in [6.07, 6.45) is 6.72. The number of ketones is 1. The molecule has 0 heterocycles. The average molecular weight is 915 g/mol. The number of esters is 1. The summed E-state index contributed by atoms with van der Waals surface area (Å²) >= 11 is 0. The number of Topliss-reactive ketones (excluding diaryl/α,β-unsaturated/α-hetero) is 1. The lowest BCUT2D eigenvalue weighted by Crippen LogP contribution is -2.31. The molecular weight excluding hydrogens is 853 g/mol. The van der Waals surface area contributed by atoms with Crippen LogP contribution in [0.15, 0.2) is 124 Å². The summed E-state index contributed by atoms with van der Waals surface area (Å²) in [6.45, 7) is 29.1. The van der Waals surface area contributed by atoms with E-state index in [0.29, 0.717) is 32.7 Å². The third kappa shape index (κ3) is 34.6. The molecule has 0 aromatic heterocycles. The number of carboxylic acid groups (broad SMARTS) is 4. The molecule has 0 saturated carbocycles. The van der Waals surface area contributed by atoms with E-state index in [-0.39, 0.29) is 60.6 Å². The topological polar surface area (TPSA) is 293 Å². The first-order valence-electron chi connectivity index (χ1n) is 18.7. The molecule has 0 spiro atoms. The smallest absolute Gasteiger partial charge is 0.322 e. The Morgan fingerprint density at radius 3 is 1.41 bits per heavy atom. The highest BCUT2D eigenvalue weighted by Crippen LogP contribution is 2.19. The number of aliphatic hydroxyl groups excluding tert-OH is 1. The van der Waals surface area contributed by atoms with Gasteiger partial charge in [0.1, 0.15) is 29.8 Å².